The first-order valence-corrected chi connectivity index (χ1v) is 7.43. The standard InChI is InChI=1S/C18H22N2O2/c1-4-20(5-2)17-11-8-14(12-16(17)19)18(21)13-6-9-15(22-3)10-7-13/h6-12H,4-5,19H2,1-3H3. The molecule has 0 aliphatic rings. The van der Waals surface area contributed by atoms with Crippen LogP contribution in [-0.2, 0) is 0 Å². The summed E-state index contributed by atoms with van der Waals surface area (Å²) in [6.45, 7) is 5.93. The number of anilines is 2. The molecular weight excluding hydrogens is 276 g/mol. The molecule has 0 saturated heterocycles. The van der Waals surface area contributed by atoms with Gasteiger partial charge < -0.3 is 15.4 Å². The largest absolute Gasteiger partial charge is 0.497 e. The van der Waals surface area contributed by atoms with Crippen molar-refractivity contribution in [3.63, 3.8) is 0 Å². The van der Waals surface area contributed by atoms with Crippen LogP contribution in [0.25, 0.3) is 0 Å². The zero-order chi connectivity index (χ0) is 16.1. The Hall–Kier alpha value is -2.49. The number of hydrogen-bond donors (Lipinski definition) is 1. The number of rotatable bonds is 6. The zero-order valence-corrected chi connectivity index (χ0v) is 13.3. The number of benzene rings is 2. The van der Waals surface area contributed by atoms with E-state index in [9.17, 15) is 4.79 Å². The summed E-state index contributed by atoms with van der Waals surface area (Å²) in [7, 11) is 1.60. The molecule has 2 rings (SSSR count). The van der Waals surface area contributed by atoms with E-state index in [-0.39, 0.29) is 5.78 Å². The zero-order valence-electron chi connectivity index (χ0n) is 13.3. The number of carbonyl (C=O) groups excluding carboxylic acids is 1. The smallest absolute Gasteiger partial charge is 0.193 e. The monoisotopic (exact) mass is 298 g/mol. The number of nitrogen functional groups attached to an aromatic ring is 1. The number of nitrogens with zero attached hydrogens (tertiary/aromatic N) is 1. The van der Waals surface area contributed by atoms with Gasteiger partial charge in [0, 0.05) is 24.2 Å². The van der Waals surface area contributed by atoms with Crippen LogP contribution in [0.3, 0.4) is 0 Å². The SMILES string of the molecule is CCN(CC)c1ccc(C(=O)c2ccc(OC)cc2)cc1N. The van der Waals surface area contributed by atoms with Crippen LogP contribution >= 0.6 is 0 Å². The van der Waals surface area contributed by atoms with Crippen LogP contribution in [0, 0.1) is 0 Å². The van der Waals surface area contributed by atoms with Gasteiger partial charge in [0.1, 0.15) is 5.75 Å². The molecule has 2 aromatic carbocycles. The van der Waals surface area contributed by atoms with E-state index in [1.807, 2.05) is 12.1 Å². The Morgan fingerprint density at radius 2 is 1.64 bits per heavy atom. The Labute approximate surface area is 131 Å². The molecule has 2 N–H and O–H groups in total. The summed E-state index contributed by atoms with van der Waals surface area (Å²) in [5, 5.41) is 0. The summed E-state index contributed by atoms with van der Waals surface area (Å²) in [6.07, 6.45) is 0. The number of ether oxygens (including phenoxy) is 1. The van der Waals surface area contributed by atoms with Gasteiger partial charge in [0.25, 0.3) is 0 Å². The molecule has 2 aromatic rings. The second kappa shape index (κ2) is 6.98. The van der Waals surface area contributed by atoms with Gasteiger partial charge in [0.2, 0.25) is 0 Å². The molecule has 0 aromatic heterocycles. The van der Waals surface area contributed by atoms with E-state index < -0.39 is 0 Å². The van der Waals surface area contributed by atoms with Gasteiger partial charge in [-0.1, -0.05) is 0 Å². The number of carbonyl (C=O) groups is 1. The fourth-order valence-electron chi connectivity index (χ4n) is 2.46. The summed E-state index contributed by atoms with van der Waals surface area (Å²) < 4.78 is 5.10. The molecule has 0 unspecified atom stereocenters. The maximum absolute atomic E-state index is 12.5. The van der Waals surface area contributed by atoms with E-state index in [0.29, 0.717) is 16.8 Å². The van der Waals surface area contributed by atoms with Crippen LogP contribution in [0.1, 0.15) is 29.8 Å². The first-order valence-electron chi connectivity index (χ1n) is 7.43. The molecule has 0 fully saturated rings. The number of nitrogens with two attached hydrogens (primary N) is 1. The Balaban J connectivity index is 2.28. The third-order valence-corrected chi connectivity index (χ3v) is 3.75. The van der Waals surface area contributed by atoms with Crippen molar-refractivity contribution in [1.29, 1.82) is 0 Å². The van der Waals surface area contributed by atoms with Crippen LogP contribution < -0.4 is 15.4 Å². The predicted molar refractivity (Wildman–Crippen MR) is 90.8 cm³/mol. The molecule has 22 heavy (non-hydrogen) atoms. The molecule has 0 heterocycles. The topological polar surface area (TPSA) is 55.6 Å². The highest BCUT2D eigenvalue weighted by molar-refractivity contribution is 6.09. The fourth-order valence-corrected chi connectivity index (χ4v) is 2.46. The average Bonchev–Trinajstić information content (AvgIpc) is 2.56. The normalized spacial score (nSPS) is 10.3. The molecule has 4 nitrogen and oxygen atoms in total. The molecule has 0 spiro atoms. The van der Waals surface area contributed by atoms with Crippen LogP contribution in [0.4, 0.5) is 11.4 Å². The van der Waals surface area contributed by atoms with Crippen LogP contribution in [0.15, 0.2) is 42.5 Å². The number of methoxy groups -OCH3 is 1. The number of hydrogen-bond acceptors (Lipinski definition) is 4. The lowest BCUT2D eigenvalue weighted by Gasteiger charge is -2.23. The van der Waals surface area contributed by atoms with Gasteiger partial charge in [-0.15, -0.1) is 0 Å². The van der Waals surface area contributed by atoms with Crippen LogP contribution in [-0.4, -0.2) is 26.0 Å². The highest BCUT2D eigenvalue weighted by Crippen LogP contribution is 2.25. The van der Waals surface area contributed by atoms with Crippen molar-refractivity contribution in [3.05, 3.63) is 53.6 Å². The Bertz CT molecular complexity index is 647. The van der Waals surface area contributed by atoms with Gasteiger partial charge >= 0.3 is 0 Å². The quantitative estimate of drug-likeness (QED) is 0.656. The third-order valence-electron chi connectivity index (χ3n) is 3.75. The van der Waals surface area contributed by atoms with Gasteiger partial charge in [-0.3, -0.25) is 4.79 Å². The van der Waals surface area contributed by atoms with Crippen molar-refractivity contribution in [2.24, 2.45) is 0 Å². The maximum atomic E-state index is 12.5. The van der Waals surface area contributed by atoms with Gasteiger partial charge in [0.15, 0.2) is 5.78 Å². The van der Waals surface area contributed by atoms with Crippen LogP contribution in [0.2, 0.25) is 0 Å². The first kappa shape index (κ1) is 15.9. The van der Waals surface area contributed by atoms with Gasteiger partial charge in [-0.25, -0.2) is 0 Å². The fraction of sp³-hybridized carbons (Fsp3) is 0.278. The van der Waals surface area contributed by atoms with Gasteiger partial charge in [-0.2, -0.15) is 0 Å². The minimum absolute atomic E-state index is 0.0412. The average molecular weight is 298 g/mol. The van der Waals surface area contributed by atoms with Crippen molar-refractivity contribution in [3.8, 4) is 5.75 Å². The minimum atomic E-state index is -0.0412. The van der Waals surface area contributed by atoms with E-state index >= 15 is 0 Å². The van der Waals surface area contributed by atoms with Crippen molar-refractivity contribution in [2.75, 3.05) is 30.8 Å². The lowest BCUT2D eigenvalue weighted by Crippen LogP contribution is -2.23. The van der Waals surface area contributed by atoms with E-state index in [4.69, 9.17) is 10.5 Å². The second-order valence-corrected chi connectivity index (χ2v) is 5.00. The Morgan fingerprint density at radius 1 is 1.05 bits per heavy atom. The van der Waals surface area contributed by atoms with E-state index in [2.05, 4.69) is 18.7 Å². The first-order chi connectivity index (χ1) is 10.6. The summed E-state index contributed by atoms with van der Waals surface area (Å²) in [4.78, 5) is 14.7. The molecule has 0 bridgehead atoms. The summed E-state index contributed by atoms with van der Waals surface area (Å²) in [6, 6.07) is 12.6. The maximum Gasteiger partial charge on any atom is 0.193 e. The van der Waals surface area contributed by atoms with Crippen molar-refractivity contribution >= 4 is 17.2 Å². The summed E-state index contributed by atoms with van der Waals surface area (Å²) in [5.41, 5.74) is 8.93. The predicted octanol–water partition coefficient (Wildman–Crippen LogP) is 3.35. The highest BCUT2D eigenvalue weighted by atomic mass is 16.5. The van der Waals surface area contributed by atoms with Crippen molar-refractivity contribution < 1.29 is 9.53 Å². The molecule has 116 valence electrons. The minimum Gasteiger partial charge on any atom is -0.497 e. The molecule has 0 amide bonds. The lowest BCUT2D eigenvalue weighted by atomic mass is 10.0. The molecule has 4 heteroatoms. The van der Waals surface area contributed by atoms with E-state index in [1.54, 1.807) is 37.4 Å². The van der Waals surface area contributed by atoms with Gasteiger partial charge in [0.05, 0.1) is 18.5 Å². The summed E-state index contributed by atoms with van der Waals surface area (Å²) >= 11 is 0. The highest BCUT2D eigenvalue weighted by Gasteiger charge is 2.13. The van der Waals surface area contributed by atoms with Crippen LogP contribution in [0.5, 0.6) is 5.75 Å². The Kier molecular flexibility index (Phi) is 5.04. The lowest BCUT2D eigenvalue weighted by molar-refractivity contribution is 0.103. The van der Waals surface area contributed by atoms with Crippen molar-refractivity contribution in [2.45, 2.75) is 13.8 Å². The number of ketones is 1. The molecule has 0 saturated carbocycles. The third kappa shape index (κ3) is 3.22. The Morgan fingerprint density at radius 3 is 2.14 bits per heavy atom. The second-order valence-electron chi connectivity index (χ2n) is 5.00. The molecule has 0 radical (unpaired) electrons. The van der Waals surface area contributed by atoms with E-state index in [1.165, 1.54) is 0 Å². The van der Waals surface area contributed by atoms with Gasteiger partial charge in [-0.05, 0) is 56.3 Å². The molecule has 0 atom stereocenters. The molecular formula is C18H22N2O2. The summed E-state index contributed by atoms with van der Waals surface area (Å²) in [5.74, 6) is 0.688. The molecule has 0 aliphatic heterocycles. The van der Waals surface area contributed by atoms with Crippen molar-refractivity contribution in [1.82, 2.24) is 0 Å². The molecule has 0 aliphatic carbocycles. The van der Waals surface area contributed by atoms with E-state index in [0.717, 1.165) is 24.5 Å².